The molecule has 0 amide bonds. The van der Waals surface area contributed by atoms with E-state index in [9.17, 15) is 4.39 Å². The summed E-state index contributed by atoms with van der Waals surface area (Å²) in [5.74, 6) is 1.08. The first-order valence-corrected chi connectivity index (χ1v) is 6.67. The highest BCUT2D eigenvalue weighted by molar-refractivity contribution is 6.33. The van der Waals surface area contributed by atoms with Crippen LogP contribution in [0.5, 0.6) is 0 Å². The smallest absolute Gasteiger partial charge is 0.124 e. The first-order valence-electron chi connectivity index (χ1n) is 6.29. The van der Waals surface area contributed by atoms with E-state index in [4.69, 9.17) is 11.6 Å². The largest absolute Gasteiger partial charge is 0.381 e. The van der Waals surface area contributed by atoms with E-state index in [0.717, 1.165) is 11.6 Å². The van der Waals surface area contributed by atoms with Crippen molar-refractivity contribution in [3.05, 3.63) is 29.0 Å². The monoisotopic (exact) mass is 255 g/mol. The third-order valence-corrected chi connectivity index (χ3v) is 4.29. The van der Waals surface area contributed by atoms with Crippen LogP contribution in [0.4, 0.5) is 10.1 Å². The van der Waals surface area contributed by atoms with Crippen LogP contribution in [0.3, 0.4) is 0 Å². The fraction of sp³-hybridized carbons (Fsp3) is 0.571. The SMILES string of the molecule is CC1CCCC(Nc2ccc(F)cc2Cl)C1C. The zero-order chi connectivity index (χ0) is 12.4. The van der Waals surface area contributed by atoms with E-state index in [0.29, 0.717) is 17.0 Å². The van der Waals surface area contributed by atoms with Gasteiger partial charge in [-0.15, -0.1) is 0 Å². The number of rotatable bonds is 2. The molecule has 3 unspecified atom stereocenters. The molecule has 1 aliphatic rings. The van der Waals surface area contributed by atoms with Crippen molar-refractivity contribution in [1.82, 2.24) is 0 Å². The molecule has 3 heteroatoms. The van der Waals surface area contributed by atoms with Gasteiger partial charge in [-0.3, -0.25) is 0 Å². The standard InChI is InChI=1S/C14H19ClFN/c1-9-4-3-5-13(10(9)2)17-14-7-6-11(16)8-12(14)15/h6-10,13,17H,3-5H2,1-2H3. The van der Waals surface area contributed by atoms with E-state index in [1.54, 1.807) is 6.07 Å². The van der Waals surface area contributed by atoms with Crippen molar-refractivity contribution in [2.24, 2.45) is 11.8 Å². The Kier molecular flexibility index (Phi) is 3.93. The second-order valence-corrected chi connectivity index (χ2v) is 5.55. The van der Waals surface area contributed by atoms with Crippen molar-refractivity contribution in [2.45, 2.75) is 39.2 Å². The maximum absolute atomic E-state index is 13.0. The van der Waals surface area contributed by atoms with Crippen LogP contribution in [0.25, 0.3) is 0 Å². The van der Waals surface area contributed by atoms with Gasteiger partial charge >= 0.3 is 0 Å². The van der Waals surface area contributed by atoms with Gasteiger partial charge in [0.15, 0.2) is 0 Å². The quantitative estimate of drug-likeness (QED) is 0.807. The zero-order valence-electron chi connectivity index (χ0n) is 10.3. The van der Waals surface area contributed by atoms with Crippen LogP contribution in [0, 0.1) is 17.7 Å². The van der Waals surface area contributed by atoms with Gasteiger partial charge in [0.25, 0.3) is 0 Å². The summed E-state index contributed by atoms with van der Waals surface area (Å²) in [6.07, 6.45) is 3.72. The van der Waals surface area contributed by atoms with Gasteiger partial charge < -0.3 is 5.32 Å². The Morgan fingerprint density at radius 2 is 2.06 bits per heavy atom. The van der Waals surface area contributed by atoms with Crippen LogP contribution >= 0.6 is 11.6 Å². The number of halogens is 2. The minimum Gasteiger partial charge on any atom is -0.381 e. The maximum Gasteiger partial charge on any atom is 0.124 e. The Bertz CT molecular complexity index is 394. The predicted octanol–water partition coefficient (Wildman–Crippen LogP) is 4.72. The van der Waals surface area contributed by atoms with E-state index >= 15 is 0 Å². The third-order valence-electron chi connectivity index (χ3n) is 3.98. The molecular weight excluding hydrogens is 237 g/mol. The number of benzene rings is 1. The minimum atomic E-state index is -0.286. The molecule has 1 nitrogen and oxygen atoms in total. The number of nitrogens with one attached hydrogen (secondary N) is 1. The van der Waals surface area contributed by atoms with Crippen LogP contribution in [0.2, 0.25) is 5.02 Å². The van der Waals surface area contributed by atoms with Crippen molar-refractivity contribution in [2.75, 3.05) is 5.32 Å². The Morgan fingerprint density at radius 1 is 1.29 bits per heavy atom. The van der Waals surface area contributed by atoms with Crippen molar-refractivity contribution >= 4 is 17.3 Å². The van der Waals surface area contributed by atoms with Crippen LogP contribution in [0.1, 0.15) is 33.1 Å². The van der Waals surface area contributed by atoms with Crippen LogP contribution < -0.4 is 5.32 Å². The average molecular weight is 256 g/mol. The van der Waals surface area contributed by atoms with Crippen molar-refractivity contribution in [1.29, 1.82) is 0 Å². The van der Waals surface area contributed by atoms with E-state index in [-0.39, 0.29) is 5.82 Å². The lowest BCUT2D eigenvalue weighted by Crippen LogP contribution is -2.35. The van der Waals surface area contributed by atoms with Crippen molar-refractivity contribution < 1.29 is 4.39 Å². The second kappa shape index (κ2) is 5.26. The number of anilines is 1. The topological polar surface area (TPSA) is 12.0 Å². The third kappa shape index (κ3) is 2.92. The zero-order valence-corrected chi connectivity index (χ0v) is 11.1. The predicted molar refractivity (Wildman–Crippen MR) is 71.0 cm³/mol. The molecule has 0 saturated heterocycles. The maximum atomic E-state index is 13.0. The molecule has 1 saturated carbocycles. The molecular formula is C14H19ClFN. The number of hydrogen-bond acceptors (Lipinski definition) is 1. The Labute approximate surface area is 107 Å². The lowest BCUT2D eigenvalue weighted by Gasteiger charge is -2.35. The Balaban J connectivity index is 2.09. The van der Waals surface area contributed by atoms with Crippen LogP contribution in [-0.4, -0.2) is 6.04 Å². The summed E-state index contributed by atoms with van der Waals surface area (Å²) in [6, 6.07) is 4.98. The van der Waals surface area contributed by atoms with E-state index < -0.39 is 0 Å². The molecule has 1 fully saturated rings. The van der Waals surface area contributed by atoms with Gasteiger partial charge in [0.05, 0.1) is 10.7 Å². The molecule has 0 bridgehead atoms. The molecule has 1 N–H and O–H groups in total. The minimum absolute atomic E-state index is 0.286. The fourth-order valence-electron chi connectivity index (χ4n) is 2.59. The van der Waals surface area contributed by atoms with Gasteiger partial charge in [-0.05, 0) is 36.5 Å². The van der Waals surface area contributed by atoms with Crippen molar-refractivity contribution in [3.8, 4) is 0 Å². The Hall–Kier alpha value is -0.760. The van der Waals surface area contributed by atoms with E-state index in [1.807, 2.05) is 0 Å². The molecule has 3 atom stereocenters. The van der Waals surface area contributed by atoms with Gasteiger partial charge in [-0.1, -0.05) is 38.3 Å². The summed E-state index contributed by atoms with van der Waals surface area (Å²) >= 11 is 6.03. The molecule has 0 radical (unpaired) electrons. The average Bonchev–Trinajstić information content (AvgIpc) is 2.28. The van der Waals surface area contributed by atoms with E-state index in [2.05, 4.69) is 19.2 Å². The molecule has 17 heavy (non-hydrogen) atoms. The van der Waals surface area contributed by atoms with Gasteiger partial charge in [0, 0.05) is 6.04 Å². The molecule has 1 aromatic rings. The van der Waals surface area contributed by atoms with Crippen LogP contribution in [0.15, 0.2) is 18.2 Å². The van der Waals surface area contributed by atoms with Gasteiger partial charge in [0.2, 0.25) is 0 Å². The summed E-state index contributed by atoms with van der Waals surface area (Å²) in [7, 11) is 0. The van der Waals surface area contributed by atoms with Crippen molar-refractivity contribution in [3.63, 3.8) is 0 Å². The summed E-state index contributed by atoms with van der Waals surface area (Å²) in [5.41, 5.74) is 0.846. The van der Waals surface area contributed by atoms with Crippen LogP contribution in [-0.2, 0) is 0 Å². The first kappa shape index (κ1) is 12.7. The summed E-state index contributed by atoms with van der Waals surface area (Å²) in [4.78, 5) is 0. The molecule has 2 rings (SSSR count). The summed E-state index contributed by atoms with van der Waals surface area (Å²) in [5, 5.41) is 3.93. The molecule has 0 aromatic heterocycles. The lowest BCUT2D eigenvalue weighted by atomic mass is 9.78. The first-order chi connectivity index (χ1) is 8.08. The molecule has 0 heterocycles. The molecule has 1 aliphatic carbocycles. The second-order valence-electron chi connectivity index (χ2n) is 5.14. The normalized spacial score (nSPS) is 29.1. The van der Waals surface area contributed by atoms with Gasteiger partial charge in [-0.2, -0.15) is 0 Å². The molecule has 94 valence electrons. The summed E-state index contributed by atoms with van der Waals surface area (Å²) < 4.78 is 13.0. The fourth-order valence-corrected chi connectivity index (χ4v) is 2.81. The molecule has 0 aliphatic heterocycles. The molecule has 1 aromatic carbocycles. The lowest BCUT2D eigenvalue weighted by molar-refractivity contribution is 0.253. The summed E-state index contributed by atoms with van der Waals surface area (Å²) in [6.45, 7) is 4.57. The highest BCUT2D eigenvalue weighted by atomic mass is 35.5. The highest BCUT2D eigenvalue weighted by Gasteiger charge is 2.27. The number of hydrogen-bond donors (Lipinski definition) is 1. The van der Waals surface area contributed by atoms with Gasteiger partial charge in [-0.25, -0.2) is 4.39 Å². The van der Waals surface area contributed by atoms with Gasteiger partial charge in [0.1, 0.15) is 5.82 Å². The molecule has 0 spiro atoms. The Morgan fingerprint density at radius 3 is 2.76 bits per heavy atom. The van der Waals surface area contributed by atoms with E-state index in [1.165, 1.54) is 31.4 Å². The highest BCUT2D eigenvalue weighted by Crippen LogP contribution is 2.33.